The third kappa shape index (κ3) is 1.08. The molecule has 1 heteroatoms. The molecule has 0 saturated heterocycles. The van der Waals surface area contributed by atoms with Gasteiger partial charge in [-0.1, -0.05) is 24.3 Å². The highest BCUT2D eigenvalue weighted by Gasteiger charge is 2.29. The average molecular weight is 164 g/mol. The van der Waals surface area contributed by atoms with Crippen LogP contribution in [0.1, 0.15) is 24.5 Å². The standard InChI is InChI=1S/C10H12S/c1-10(11)7-6-8-4-2-3-5-9(8)10/h2-5,11H,6-7H2,1H3. The third-order valence-electron chi connectivity index (χ3n) is 2.48. The number of benzene rings is 1. The van der Waals surface area contributed by atoms with Crippen molar-refractivity contribution < 1.29 is 0 Å². The zero-order chi connectivity index (χ0) is 7.90. The van der Waals surface area contributed by atoms with Crippen molar-refractivity contribution >= 4 is 12.6 Å². The molecule has 58 valence electrons. The second-order valence-corrected chi connectivity index (χ2v) is 4.42. The predicted octanol–water partition coefficient (Wildman–Crippen LogP) is 2.78. The van der Waals surface area contributed by atoms with Crippen LogP contribution in [-0.4, -0.2) is 0 Å². The molecule has 1 aliphatic carbocycles. The number of hydrogen-bond acceptors (Lipinski definition) is 1. The number of thiol groups is 1. The van der Waals surface area contributed by atoms with Crippen molar-refractivity contribution in [2.24, 2.45) is 0 Å². The average Bonchev–Trinajstić information content (AvgIpc) is 2.29. The first kappa shape index (κ1) is 7.23. The van der Waals surface area contributed by atoms with Crippen LogP contribution in [0.4, 0.5) is 0 Å². The molecule has 0 aromatic heterocycles. The molecule has 1 unspecified atom stereocenters. The molecule has 0 spiro atoms. The van der Waals surface area contributed by atoms with Gasteiger partial charge in [0.1, 0.15) is 0 Å². The van der Waals surface area contributed by atoms with Gasteiger partial charge < -0.3 is 0 Å². The Hall–Kier alpha value is -0.430. The fraction of sp³-hybridized carbons (Fsp3) is 0.400. The van der Waals surface area contributed by atoms with E-state index in [4.69, 9.17) is 0 Å². The number of fused-ring (bicyclic) bond motifs is 1. The molecule has 1 aromatic carbocycles. The summed E-state index contributed by atoms with van der Waals surface area (Å²) in [6.45, 7) is 2.20. The summed E-state index contributed by atoms with van der Waals surface area (Å²) >= 11 is 4.63. The lowest BCUT2D eigenvalue weighted by molar-refractivity contribution is 0.687. The van der Waals surface area contributed by atoms with Crippen LogP contribution >= 0.6 is 12.6 Å². The molecular formula is C10H12S. The summed E-state index contributed by atoms with van der Waals surface area (Å²) in [4.78, 5) is 0. The molecule has 0 N–H and O–H groups in total. The predicted molar refractivity (Wildman–Crippen MR) is 51.1 cm³/mol. The number of rotatable bonds is 0. The minimum Gasteiger partial charge on any atom is -0.168 e. The van der Waals surface area contributed by atoms with E-state index in [-0.39, 0.29) is 4.75 Å². The molecule has 11 heavy (non-hydrogen) atoms. The quantitative estimate of drug-likeness (QED) is 0.560. The van der Waals surface area contributed by atoms with Gasteiger partial charge in [-0.25, -0.2) is 0 Å². The lowest BCUT2D eigenvalue weighted by atomic mass is 10.0. The van der Waals surface area contributed by atoms with Gasteiger partial charge in [-0.15, -0.1) is 0 Å². The lowest BCUT2D eigenvalue weighted by Crippen LogP contribution is -2.07. The number of aryl methyl sites for hydroxylation is 1. The Kier molecular flexibility index (Phi) is 1.50. The molecule has 2 rings (SSSR count). The Morgan fingerprint density at radius 3 is 2.82 bits per heavy atom. The molecule has 0 aliphatic heterocycles. The van der Waals surface area contributed by atoms with E-state index in [2.05, 4.69) is 43.8 Å². The molecule has 0 heterocycles. The maximum Gasteiger partial charge on any atom is 0.0356 e. The second kappa shape index (κ2) is 2.28. The van der Waals surface area contributed by atoms with Crippen molar-refractivity contribution in [1.82, 2.24) is 0 Å². The minimum absolute atomic E-state index is 0.122. The van der Waals surface area contributed by atoms with Crippen LogP contribution in [0.3, 0.4) is 0 Å². The van der Waals surface area contributed by atoms with Crippen molar-refractivity contribution in [2.75, 3.05) is 0 Å². The van der Waals surface area contributed by atoms with E-state index in [1.807, 2.05) is 0 Å². The molecule has 0 amide bonds. The van der Waals surface area contributed by atoms with E-state index in [1.165, 1.54) is 24.0 Å². The largest absolute Gasteiger partial charge is 0.168 e. The maximum atomic E-state index is 4.63. The molecule has 0 radical (unpaired) electrons. The molecule has 0 fully saturated rings. The van der Waals surface area contributed by atoms with Crippen molar-refractivity contribution in [1.29, 1.82) is 0 Å². The monoisotopic (exact) mass is 164 g/mol. The topological polar surface area (TPSA) is 0 Å². The summed E-state index contributed by atoms with van der Waals surface area (Å²) in [6, 6.07) is 8.60. The number of hydrogen-bond donors (Lipinski definition) is 1. The second-order valence-electron chi connectivity index (χ2n) is 3.43. The molecule has 1 aromatic rings. The van der Waals surface area contributed by atoms with Crippen molar-refractivity contribution in [2.45, 2.75) is 24.5 Å². The van der Waals surface area contributed by atoms with E-state index >= 15 is 0 Å². The lowest BCUT2D eigenvalue weighted by Gasteiger charge is -2.16. The van der Waals surface area contributed by atoms with E-state index in [9.17, 15) is 0 Å². The molecule has 0 saturated carbocycles. The van der Waals surface area contributed by atoms with Crippen LogP contribution < -0.4 is 0 Å². The summed E-state index contributed by atoms with van der Waals surface area (Å²) in [7, 11) is 0. The fourth-order valence-electron chi connectivity index (χ4n) is 1.78. The van der Waals surface area contributed by atoms with E-state index in [0.717, 1.165) is 0 Å². The Bertz CT molecular complexity index is 276. The Morgan fingerprint density at radius 1 is 1.36 bits per heavy atom. The van der Waals surface area contributed by atoms with E-state index in [1.54, 1.807) is 0 Å². The molecule has 1 atom stereocenters. The summed E-state index contributed by atoms with van der Waals surface area (Å²) < 4.78 is 0.122. The summed E-state index contributed by atoms with van der Waals surface area (Å²) in [5.41, 5.74) is 2.90. The van der Waals surface area contributed by atoms with Gasteiger partial charge in [0, 0.05) is 4.75 Å². The van der Waals surface area contributed by atoms with Gasteiger partial charge in [0.2, 0.25) is 0 Å². The molecule has 1 aliphatic rings. The van der Waals surface area contributed by atoms with E-state index < -0.39 is 0 Å². The van der Waals surface area contributed by atoms with Crippen LogP contribution in [0.5, 0.6) is 0 Å². The Morgan fingerprint density at radius 2 is 2.09 bits per heavy atom. The van der Waals surface area contributed by atoms with Crippen molar-refractivity contribution in [3.05, 3.63) is 35.4 Å². The first-order chi connectivity index (χ1) is 5.20. The maximum absolute atomic E-state index is 4.63. The normalized spacial score (nSPS) is 28.5. The molecule has 0 bridgehead atoms. The fourth-order valence-corrected chi connectivity index (χ4v) is 2.11. The first-order valence-electron chi connectivity index (χ1n) is 4.01. The molecule has 0 nitrogen and oxygen atoms in total. The molecular weight excluding hydrogens is 152 g/mol. The van der Waals surface area contributed by atoms with Crippen molar-refractivity contribution in [3.8, 4) is 0 Å². The van der Waals surface area contributed by atoms with E-state index in [0.29, 0.717) is 0 Å². The van der Waals surface area contributed by atoms with Gasteiger partial charge in [0.05, 0.1) is 0 Å². The zero-order valence-corrected chi connectivity index (χ0v) is 7.57. The highest BCUT2D eigenvalue weighted by atomic mass is 32.1. The third-order valence-corrected chi connectivity index (χ3v) is 2.94. The van der Waals surface area contributed by atoms with Gasteiger partial charge >= 0.3 is 0 Å². The van der Waals surface area contributed by atoms with Gasteiger partial charge in [0.15, 0.2) is 0 Å². The highest BCUT2D eigenvalue weighted by Crippen LogP contribution is 2.41. The first-order valence-corrected chi connectivity index (χ1v) is 4.46. The Balaban J connectivity index is 2.56. The van der Waals surface area contributed by atoms with Crippen molar-refractivity contribution in [3.63, 3.8) is 0 Å². The van der Waals surface area contributed by atoms with Crippen LogP contribution in [0.25, 0.3) is 0 Å². The smallest absolute Gasteiger partial charge is 0.0356 e. The van der Waals surface area contributed by atoms with Gasteiger partial charge in [-0.05, 0) is 30.9 Å². The van der Waals surface area contributed by atoms with Crippen LogP contribution in [0.2, 0.25) is 0 Å². The summed E-state index contributed by atoms with van der Waals surface area (Å²) in [5.74, 6) is 0. The SMILES string of the molecule is CC1(S)CCc2ccccc21. The zero-order valence-electron chi connectivity index (χ0n) is 6.67. The highest BCUT2D eigenvalue weighted by molar-refractivity contribution is 7.81. The minimum atomic E-state index is 0.122. The summed E-state index contributed by atoms with van der Waals surface area (Å²) in [6.07, 6.45) is 2.37. The van der Waals surface area contributed by atoms with Gasteiger partial charge in [-0.3, -0.25) is 0 Å². The van der Waals surface area contributed by atoms with Gasteiger partial charge in [-0.2, -0.15) is 12.6 Å². The van der Waals surface area contributed by atoms with Gasteiger partial charge in [0.25, 0.3) is 0 Å². The summed E-state index contributed by atoms with van der Waals surface area (Å²) in [5, 5.41) is 0. The Labute approximate surface area is 73.0 Å². The van der Waals surface area contributed by atoms with Crippen LogP contribution in [-0.2, 0) is 11.2 Å². The van der Waals surface area contributed by atoms with Crippen LogP contribution in [0.15, 0.2) is 24.3 Å². The van der Waals surface area contributed by atoms with Crippen LogP contribution in [0, 0.1) is 0 Å².